The number of hydrogen-bond acceptors (Lipinski definition) is 2. The van der Waals surface area contributed by atoms with Gasteiger partial charge >= 0.3 is 0 Å². The fourth-order valence-electron chi connectivity index (χ4n) is 3.02. The Balaban J connectivity index is 1.54. The van der Waals surface area contributed by atoms with Crippen LogP contribution in [0, 0.1) is 0 Å². The summed E-state index contributed by atoms with van der Waals surface area (Å²) in [6, 6.07) is 8.81. The molecule has 0 saturated heterocycles. The van der Waals surface area contributed by atoms with Crippen LogP contribution < -0.4 is 0 Å². The third-order valence-corrected chi connectivity index (χ3v) is 4.19. The Morgan fingerprint density at radius 1 is 1.17 bits per heavy atom. The monoisotopic (exact) mass is 239 g/mol. The Morgan fingerprint density at radius 3 is 2.94 bits per heavy atom. The lowest BCUT2D eigenvalue weighted by atomic mass is 9.98. The first-order valence-electron chi connectivity index (χ1n) is 6.89. The highest BCUT2D eigenvalue weighted by atomic mass is 15.2. The van der Waals surface area contributed by atoms with Crippen molar-refractivity contribution in [1.29, 1.82) is 0 Å². The van der Waals surface area contributed by atoms with Crippen LogP contribution >= 0.6 is 0 Å². The second-order valence-electron chi connectivity index (χ2n) is 5.55. The van der Waals surface area contributed by atoms with Crippen molar-refractivity contribution in [2.75, 3.05) is 0 Å². The molecule has 2 aliphatic carbocycles. The maximum absolute atomic E-state index is 4.64. The molecule has 1 aromatic heterocycles. The number of rotatable bonds is 3. The highest BCUT2D eigenvalue weighted by Gasteiger charge is 2.29. The molecule has 3 nitrogen and oxygen atoms in total. The third-order valence-electron chi connectivity index (χ3n) is 4.19. The average molecular weight is 239 g/mol. The minimum Gasteiger partial charge on any atom is -0.263 e. The van der Waals surface area contributed by atoms with Gasteiger partial charge in [-0.2, -0.15) is 5.10 Å². The molecule has 2 aromatic rings. The molecule has 92 valence electrons. The number of aromatic amines is 1. The zero-order valence-electron chi connectivity index (χ0n) is 10.4. The summed E-state index contributed by atoms with van der Waals surface area (Å²) in [5.74, 6) is 3.38. The zero-order chi connectivity index (χ0) is 11.9. The van der Waals surface area contributed by atoms with Crippen LogP contribution in [0.25, 0.3) is 0 Å². The van der Waals surface area contributed by atoms with Crippen LogP contribution in [0.1, 0.15) is 53.9 Å². The van der Waals surface area contributed by atoms with Gasteiger partial charge in [0.1, 0.15) is 5.82 Å². The molecule has 1 saturated carbocycles. The third kappa shape index (κ3) is 1.74. The van der Waals surface area contributed by atoms with Crippen LogP contribution in [0.4, 0.5) is 0 Å². The predicted molar refractivity (Wildman–Crippen MR) is 69.6 cm³/mol. The molecule has 1 atom stereocenters. The molecule has 1 fully saturated rings. The molecule has 18 heavy (non-hydrogen) atoms. The van der Waals surface area contributed by atoms with E-state index in [0.29, 0.717) is 11.8 Å². The van der Waals surface area contributed by atoms with E-state index in [0.717, 1.165) is 18.1 Å². The quantitative estimate of drug-likeness (QED) is 0.894. The van der Waals surface area contributed by atoms with Crippen molar-refractivity contribution in [3.05, 3.63) is 47.0 Å². The molecule has 4 rings (SSSR count). The van der Waals surface area contributed by atoms with E-state index >= 15 is 0 Å². The van der Waals surface area contributed by atoms with Crippen LogP contribution in [0.15, 0.2) is 24.3 Å². The smallest absolute Gasteiger partial charge is 0.153 e. The summed E-state index contributed by atoms with van der Waals surface area (Å²) in [6.45, 7) is 0. The van der Waals surface area contributed by atoms with Crippen molar-refractivity contribution in [2.24, 2.45) is 0 Å². The molecule has 3 heteroatoms. The van der Waals surface area contributed by atoms with E-state index in [2.05, 4.69) is 39.4 Å². The van der Waals surface area contributed by atoms with Gasteiger partial charge in [0.15, 0.2) is 5.82 Å². The van der Waals surface area contributed by atoms with Gasteiger partial charge in [-0.3, -0.25) is 5.10 Å². The zero-order valence-corrected chi connectivity index (χ0v) is 10.4. The van der Waals surface area contributed by atoms with Gasteiger partial charge in [-0.1, -0.05) is 24.3 Å². The van der Waals surface area contributed by atoms with Crippen molar-refractivity contribution >= 4 is 0 Å². The molecular formula is C15H17N3. The summed E-state index contributed by atoms with van der Waals surface area (Å²) in [4.78, 5) is 4.64. The standard InChI is InChI=1S/C15H17N3/c1-2-4-13-10(3-1)5-8-12(13)9-14-16-15(18-17-14)11-6-7-11/h1-4,11-12H,5-9H2,(H,16,17,18)/t12-/m1/s1. The molecule has 0 amide bonds. The van der Waals surface area contributed by atoms with Crippen molar-refractivity contribution < 1.29 is 0 Å². The SMILES string of the molecule is c1ccc2c(c1)CC[C@@H]2Cc1nc(C2CC2)n[nH]1. The molecular weight excluding hydrogens is 222 g/mol. The van der Waals surface area contributed by atoms with Gasteiger partial charge in [0.25, 0.3) is 0 Å². The number of nitrogens with zero attached hydrogens (tertiary/aromatic N) is 2. The van der Waals surface area contributed by atoms with Crippen molar-refractivity contribution in [2.45, 2.75) is 43.9 Å². The lowest BCUT2D eigenvalue weighted by Crippen LogP contribution is -2.00. The first-order chi connectivity index (χ1) is 8.90. The van der Waals surface area contributed by atoms with Gasteiger partial charge < -0.3 is 0 Å². The minimum absolute atomic E-state index is 0.626. The molecule has 2 aliphatic rings. The number of H-pyrrole nitrogens is 1. The highest BCUT2D eigenvalue weighted by molar-refractivity contribution is 5.35. The Morgan fingerprint density at radius 2 is 2.06 bits per heavy atom. The molecule has 0 radical (unpaired) electrons. The number of aromatic nitrogens is 3. The van der Waals surface area contributed by atoms with Crippen molar-refractivity contribution in [1.82, 2.24) is 15.2 Å². The summed E-state index contributed by atoms with van der Waals surface area (Å²) >= 11 is 0. The molecule has 1 heterocycles. The summed E-state index contributed by atoms with van der Waals surface area (Å²) in [6.07, 6.45) is 6.01. The average Bonchev–Trinajstić information content (AvgIpc) is 3.02. The van der Waals surface area contributed by atoms with E-state index in [4.69, 9.17) is 0 Å². The number of nitrogens with one attached hydrogen (secondary N) is 1. The van der Waals surface area contributed by atoms with Gasteiger partial charge in [-0.15, -0.1) is 0 Å². The Bertz CT molecular complexity index is 569. The number of aryl methyl sites for hydroxylation is 1. The van der Waals surface area contributed by atoms with Crippen LogP contribution in [-0.2, 0) is 12.8 Å². The van der Waals surface area contributed by atoms with Crippen LogP contribution in [0.2, 0.25) is 0 Å². The summed E-state index contributed by atoms with van der Waals surface area (Å²) in [7, 11) is 0. The molecule has 1 aromatic carbocycles. The van der Waals surface area contributed by atoms with Crippen molar-refractivity contribution in [3.63, 3.8) is 0 Å². The van der Waals surface area contributed by atoms with Gasteiger partial charge in [-0.05, 0) is 42.7 Å². The van der Waals surface area contributed by atoms with Crippen LogP contribution in [0.3, 0.4) is 0 Å². The molecule has 0 unspecified atom stereocenters. The largest absolute Gasteiger partial charge is 0.263 e. The second-order valence-corrected chi connectivity index (χ2v) is 5.55. The second kappa shape index (κ2) is 3.94. The van der Waals surface area contributed by atoms with Gasteiger partial charge in [0, 0.05) is 12.3 Å². The Labute approximate surface area is 107 Å². The van der Waals surface area contributed by atoms with E-state index in [1.807, 2.05) is 0 Å². The van der Waals surface area contributed by atoms with Crippen LogP contribution in [0.5, 0.6) is 0 Å². The van der Waals surface area contributed by atoms with Gasteiger partial charge in [-0.25, -0.2) is 4.98 Å². The fraction of sp³-hybridized carbons (Fsp3) is 0.467. The Kier molecular flexibility index (Phi) is 2.25. The maximum Gasteiger partial charge on any atom is 0.153 e. The summed E-state index contributed by atoms with van der Waals surface area (Å²) in [5, 5.41) is 7.46. The summed E-state index contributed by atoms with van der Waals surface area (Å²) in [5.41, 5.74) is 3.03. The van der Waals surface area contributed by atoms with E-state index in [1.165, 1.54) is 36.8 Å². The highest BCUT2D eigenvalue weighted by Crippen LogP contribution is 2.38. The summed E-state index contributed by atoms with van der Waals surface area (Å²) < 4.78 is 0. The fourth-order valence-corrected chi connectivity index (χ4v) is 3.02. The molecule has 0 spiro atoms. The van der Waals surface area contributed by atoms with Gasteiger partial charge in [0.2, 0.25) is 0 Å². The first kappa shape index (κ1) is 10.3. The molecule has 1 N–H and O–H groups in total. The number of hydrogen-bond donors (Lipinski definition) is 1. The number of fused-ring (bicyclic) bond motifs is 1. The number of benzene rings is 1. The lowest BCUT2D eigenvalue weighted by molar-refractivity contribution is 0.651. The normalized spacial score (nSPS) is 22.1. The minimum atomic E-state index is 0.626. The topological polar surface area (TPSA) is 41.6 Å². The van der Waals surface area contributed by atoms with E-state index in [9.17, 15) is 0 Å². The molecule has 0 aliphatic heterocycles. The first-order valence-corrected chi connectivity index (χ1v) is 6.89. The van der Waals surface area contributed by atoms with Gasteiger partial charge in [0.05, 0.1) is 0 Å². The van der Waals surface area contributed by atoms with E-state index in [1.54, 1.807) is 0 Å². The predicted octanol–water partition coefficient (Wildman–Crippen LogP) is 2.95. The van der Waals surface area contributed by atoms with E-state index in [-0.39, 0.29) is 0 Å². The Hall–Kier alpha value is -1.64. The van der Waals surface area contributed by atoms with Crippen molar-refractivity contribution in [3.8, 4) is 0 Å². The molecule has 0 bridgehead atoms. The van der Waals surface area contributed by atoms with E-state index < -0.39 is 0 Å². The lowest BCUT2D eigenvalue weighted by Gasteiger charge is -2.08. The maximum atomic E-state index is 4.64. The van der Waals surface area contributed by atoms with Crippen LogP contribution in [-0.4, -0.2) is 15.2 Å².